The Morgan fingerprint density at radius 3 is 2.75 bits per heavy atom. The van der Waals surface area contributed by atoms with Crippen molar-refractivity contribution in [3.63, 3.8) is 0 Å². The minimum absolute atomic E-state index is 0.0134. The van der Waals surface area contributed by atoms with Crippen molar-refractivity contribution in [2.75, 3.05) is 0 Å². The molecule has 0 saturated heterocycles. The SMILES string of the molecule is O=c1c2c(Cl)ccc(F)c2nc(CC2CC2)n1-c1cncc(F)c1. The fraction of sp³-hybridized carbons (Fsp3) is 0.235. The van der Waals surface area contributed by atoms with E-state index in [1.807, 2.05) is 0 Å². The van der Waals surface area contributed by atoms with E-state index in [1.165, 1.54) is 29.0 Å². The van der Waals surface area contributed by atoms with Gasteiger partial charge in [0.15, 0.2) is 0 Å². The Morgan fingerprint density at radius 1 is 1.25 bits per heavy atom. The number of fused-ring (bicyclic) bond motifs is 1. The lowest BCUT2D eigenvalue weighted by molar-refractivity contribution is 0.617. The van der Waals surface area contributed by atoms with Crippen molar-refractivity contribution in [3.05, 3.63) is 63.4 Å². The third-order valence-corrected chi connectivity index (χ3v) is 4.43. The average molecular weight is 348 g/mol. The molecular formula is C17H12ClF2N3O. The largest absolute Gasteiger partial charge is 0.268 e. The quantitative estimate of drug-likeness (QED) is 0.726. The van der Waals surface area contributed by atoms with E-state index in [4.69, 9.17) is 11.6 Å². The van der Waals surface area contributed by atoms with Crippen LogP contribution in [0.15, 0.2) is 35.4 Å². The Labute approximate surface area is 140 Å². The molecule has 1 aromatic carbocycles. The van der Waals surface area contributed by atoms with Gasteiger partial charge in [0.05, 0.1) is 28.5 Å². The van der Waals surface area contributed by atoms with Crippen LogP contribution in [0.5, 0.6) is 0 Å². The standard InChI is InChI=1S/C17H12ClF2N3O/c18-12-3-4-13(20)16-15(12)17(24)23(11-6-10(19)7-21-8-11)14(22-16)5-9-1-2-9/h3-4,6-9H,1-2,5H2. The molecule has 3 aromatic rings. The minimum Gasteiger partial charge on any atom is -0.268 e. The maximum absolute atomic E-state index is 14.1. The summed E-state index contributed by atoms with van der Waals surface area (Å²) in [4.78, 5) is 21.1. The minimum atomic E-state index is -0.604. The van der Waals surface area contributed by atoms with E-state index in [9.17, 15) is 13.6 Å². The van der Waals surface area contributed by atoms with Crippen LogP contribution in [0.2, 0.25) is 5.02 Å². The Balaban J connectivity index is 2.07. The molecule has 0 unspecified atom stereocenters. The summed E-state index contributed by atoms with van der Waals surface area (Å²) in [7, 11) is 0. The van der Waals surface area contributed by atoms with E-state index in [2.05, 4.69) is 9.97 Å². The van der Waals surface area contributed by atoms with Gasteiger partial charge in [0.1, 0.15) is 23.0 Å². The molecule has 1 fully saturated rings. The van der Waals surface area contributed by atoms with Crippen LogP contribution in [0, 0.1) is 17.6 Å². The molecule has 0 spiro atoms. The first-order chi connectivity index (χ1) is 11.5. The number of benzene rings is 1. The first-order valence-corrected chi connectivity index (χ1v) is 7.93. The highest BCUT2D eigenvalue weighted by atomic mass is 35.5. The van der Waals surface area contributed by atoms with Crippen LogP contribution < -0.4 is 5.56 Å². The van der Waals surface area contributed by atoms with Gasteiger partial charge in [-0.25, -0.2) is 13.8 Å². The van der Waals surface area contributed by atoms with Gasteiger partial charge in [-0.05, 0) is 30.9 Å². The molecule has 4 rings (SSSR count). The van der Waals surface area contributed by atoms with Crippen LogP contribution >= 0.6 is 11.6 Å². The average Bonchev–Trinajstić information content (AvgIpc) is 3.35. The molecule has 0 bridgehead atoms. The second-order valence-electron chi connectivity index (χ2n) is 5.93. The van der Waals surface area contributed by atoms with E-state index in [1.54, 1.807) is 0 Å². The summed E-state index contributed by atoms with van der Waals surface area (Å²) >= 11 is 6.09. The molecule has 2 aromatic heterocycles. The summed E-state index contributed by atoms with van der Waals surface area (Å²) in [6.45, 7) is 0. The molecule has 1 aliphatic rings. The normalized spacial score (nSPS) is 14.3. The molecule has 1 aliphatic carbocycles. The zero-order chi connectivity index (χ0) is 16.8. The van der Waals surface area contributed by atoms with Crippen molar-refractivity contribution in [1.82, 2.24) is 14.5 Å². The molecule has 2 heterocycles. The highest BCUT2D eigenvalue weighted by Crippen LogP contribution is 2.33. The molecule has 0 radical (unpaired) electrons. The van der Waals surface area contributed by atoms with Crippen LogP contribution in [-0.4, -0.2) is 14.5 Å². The summed E-state index contributed by atoms with van der Waals surface area (Å²) in [5.74, 6) is -0.372. The molecule has 0 atom stereocenters. The summed E-state index contributed by atoms with van der Waals surface area (Å²) in [6.07, 6.45) is 5.02. The molecule has 1 saturated carbocycles. The van der Waals surface area contributed by atoms with Gasteiger partial charge >= 0.3 is 0 Å². The Bertz CT molecular complexity index is 1010. The smallest absolute Gasteiger partial charge is 0.267 e. The zero-order valence-electron chi connectivity index (χ0n) is 12.5. The molecule has 0 aliphatic heterocycles. The Hall–Kier alpha value is -2.34. The molecule has 4 nitrogen and oxygen atoms in total. The highest BCUT2D eigenvalue weighted by molar-refractivity contribution is 6.35. The second kappa shape index (κ2) is 5.63. The molecular weight excluding hydrogens is 336 g/mol. The maximum Gasteiger partial charge on any atom is 0.267 e. The lowest BCUT2D eigenvalue weighted by Crippen LogP contribution is -2.25. The monoisotopic (exact) mass is 347 g/mol. The topological polar surface area (TPSA) is 47.8 Å². The summed E-state index contributed by atoms with van der Waals surface area (Å²) in [5, 5.41) is 0.0976. The number of halogens is 3. The van der Waals surface area contributed by atoms with Crippen molar-refractivity contribution >= 4 is 22.5 Å². The van der Waals surface area contributed by atoms with Gasteiger partial charge in [-0.15, -0.1) is 0 Å². The van der Waals surface area contributed by atoms with E-state index in [-0.39, 0.29) is 21.6 Å². The number of pyridine rings is 1. The fourth-order valence-corrected chi connectivity index (χ4v) is 3.00. The van der Waals surface area contributed by atoms with Crippen LogP contribution in [0.4, 0.5) is 8.78 Å². The second-order valence-corrected chi connectivity index (χ2v) is 6.34. The number of nitrogens with zero attached hydrogens (tertiary/aromatic N) is 3. The van der Waals surface area contributed by atoms with Crippen LogP contribution in [0.1, 0.15) is 18.7 Å². The zero-order valence-corrected chi connectivity index (χ0v) is 13.2. The van der Waals surface area contributed by atoms with Crippen molar-refractivity contribution in [3.8, 4) is 5.69 Å². The van der Waals surface area contributed by atoms with Crippen molar-refractivity contribution in [1.29, 1.82) is 0 Å². The number of aromatic nitrogens is 3. The first-order valence-electron chi connectivity index (χ1n) is 7.55. The van der Waals surface area contributed by atoms with E-state index in [0.717, 1.165) is 19.0 Å². The Kier molecular flexibility index (Phi) is 3.57. The highest BCUT2D eigenvalue weighted by Gasteiger charge is 2.26. The molecule has 122 valence electrons. The number of hydrogen-bond acceptors (Lipinski definition) is 3. The van der Waals surface area contributed by atoms with E-state index in [0.29, 0.717) is 18.2 Å². The Morgan fingerprint density at radius 2 is 2.04 bits per heavy atom. The van der Waals surface area contributed by atoms with Crippen molar-refractivity contribution in [2.24, 2.45) is 5.92 Å². The van der Waals surface area contributed by atoms with Gasteiger partial charge in [0, 0.05) is 12.5 Å². The van der Waals surface area contributed by atoms with Crippen LogP contribution in [-0.2, 0) is 6.42 Å². The molecule has 7 heteroatoms. The lowest BCUT2D eigenvalue weighted by Gasteiger charge is -2.14. The van der Waals surface area contributed by atoms with Gasteiger partial charge in [0.2, 0.25) is 0 Å². The predicted molar refractivity (Wildman–Crippen MR) is 86.5 cm³/mol. The van der Waals surface area contributed by atoms with Crippen LogP contribution in [0.25, 0.3) is 16.6 Å². The van der Waals surface area contributed by atoms with Gasteiger partial charge in [0.25, 0.3) is 5.56 Å². The third-order valence-electron chi connectivity index (χ3n) is 4.11. The first kappa shape index (κ1) is 15.2. The fourth-order valence-electron chi connectivity index (χ4n) is 2.77. The maximum atomic E-state index is 14.1. The van der Waals surface area contributed by atoms with Gasteiger partial charge in [-0.1, -0.05) is 11.6 Å². The summed E-state index contributed by atoms with van der Waals surface area (Å²) in [6, 6.07) is 3.70. The summed E-state index contributed by atoms with van der Waals surface area (Å²) in [5.41, 5.74) is -0.318. The lowest BCUT2D eigenvalue weighted by atomic mass is 10.2. The molecule has 24 heavy (non-hydrogen) atoms. The number of hydrogen-bond donors (Lipinski definition) is 0. The van der Waals surface area contributed by atoms with Crippen molar-refractivity contribution in [2.45, 2.75) is 19.3 Å². The summed E-state index contributed by atoms with van der Waals surface area (Å²) < 4.78 is 29.0. The van der Waals surface area contributed by atoms with Crippen molar-refractivity contribution < 1.29 is 8.78 Å². The molecule has 0 N–H and O–H groups in total. The predicted octanol–water partition coefficient (Wildman–Crippen LogP) is 3.66. The van der Waals surface area contributed by atoms with Gasteiger partial charge in [-0.2, -0.15) is 0 Å². The van der Waals surface area contributed by atoms with E-state index < -0.39 is 17.2 Å². The molecule has 0 amide bonds. The third kappa shape index (κ3) is 2.57. The van der Waals surface area contributed by atoms with E-state index >= 15 is 0 Å². The van der Waals surface area contributed by atoms with Gasteiger partial charge < -0.3 is 0 Å². The number of rotatable bonds is 3. The van der Waals surface area contributed by atoms with Gasteiger partial charge in [-0.3, -0.25) is 14.3 Å². The van der Waals surface area contributed by atoms with Crippen LogP contribution in [0.3, 0.4) is 0 Å².